The van der Waals surface area contributed by atoms with Crippen molar-refractivity contribution in [1.29, 1.82) is 0 Å². The van der Waals surface area contributed by atoms with Gasteiger partial charge in [-0.15, -0.1) is 0 Å². The number of aromatic nitrogens is 1. The standard InChI is InChI=1S/C14H17N3O/c1-18-13-8-11-2-3-12(9-14(11)16-10-13)17-6-4-15-5-7-17/h2-3,8-10,15H,4-7H2,1H3. The summed E-state index contributed by atoms with van der Waals surface area (Å²) in [4.78, 5) is 6.83. The summed E-state index contributed by atoms with van der Waals surface area (Å²) < 4.78 is 5.19. The number of rotatable bonds is 2. The number of benzene rings is 1. The van der Waals surface area contributed by atoms with Crippen molar-refractivity contribution in [3.63, 3.8) is 0 Å². The highest BCUT2D eigenvalue weighted by Gasteiger charge is 2.10. The van der Waals surface area contributed by atoms with Gasteiger partial charge in [0.2, 0.25) is 0 Å². The van der Waals surface area contributed by atoms with E-state index in [9.17, 15) is 0 Å². The molecular weight excluding hydrogens is 226 g/mol. The Balaban J connectivity index is 1.95. The SMILES string of the molecule is COc1cnc2cc(N3CCNCC3)ccc2c1. The van der Waals surface area contributed by atoms with Crippen molar-refractivity contribution in [1.82, 2.24) is 10.3 Å². The van der Waals surface area contributed by atoms with E-state index in [2.05, 4.69) is 33.4 Å². The number of hydrogen-bond acceptors (Lipinski definition) is 4. The second-order valence-electron chi connectivity index (χ2n) is 4.49. The van der Waals surface area contributed by atoms with E-state index in [1.165, 1.54) is 5.69 Å². The largest absolute Gasteiger partial charge is 0.495 e. The zero-order valence-corrected chi connectivity index (χ0v) is 10.5. The first-order valence-electron chi connectivity index (χ1n) is 6.26. The minimum Gasteiger partial charge on any atom is -0.495 e. The molecule has 1 fully saturated rings. The van der Waals surface area contributed by atoms with Crippen LogP contribution in [0.2, 0.25) is 0 Å². The van der Waals surface area contributed by atoms with E-state index in [1.54, 1.807) is 13.3 Å². The molecule has 94 valence electrons. The molecule has 4 heteroatoms. The summed E-state index contributed by atoms with van der Waals surface area (Å²) in [7, 11) is 1.66. The van der Waals surface area contributed by atoms with Crippen LogP contribution in [-0.2, 0) is 0 Å². The van der Waals surface area contributed by atoms with Gasteiger partial charge in [0.15, 0.2) is 0 Å². The van der Waals surface area contributed by atoms with Crippen LogP contribution in [0.15, 0.2) is 30.5 Å². The Hall–Kier alpha value is -1.81. The molecule has 0 aliphatic carbocycles. The van der Waals surface area contributed by atoms with E-state index >= 15 is 0 Å². The van der Waals surface area contributed by atoms with Crippen LogP contribution in [0.5, 0.6) is 5.75 Å². The van der Waals surface area contributed by atoms with E-state index < -0.39 is 0 Å². The van der Waals surface area contributed by atoms with Gasteiger partial charge in [-0.1, -0.05) is 6.07 Å². The van der Waals surface area contributed by atoms with Crippen molar-refractivity contribution < 1.29 is 4.74 Å². The lowest BCUT2D eigenvalue weighted by atomic mass is 10.1. The van der Waals surface area contributed by atoms with Crippen LogP contribution in [0.25, 0.3) is 10.9 Å². The first kappa shape index (κ1) is 11.3. The Bertz CT molecular complexity index is 550. The molecule has 0 bridgehead atoms. The van der Waals surface area contributed by atoms with Crippen molar-refractivity contribution in [3.8, 4) is 5.75 Å². The predicted molar refractivity (Wildman–Crippen MR) is 73.4 cm³/mol. The molecule has 0 saturated carbocycles. The number of nitrogens with zero attached hydrogens (tertiary/aromatic N) is 2. The molecule has 0 spiro atoms. The van der Waals surface area contributed by atoms with Gasteiger partial charge < -0.3 is 15.0 Å². The Morgan fingerprint density at radius 1 is 1.22 bits per heavy atom. The molecule has 1 aliphatic heterocycles. The highest BCUT2D eigenvalue weighted by atomic mass is 16.5. The zero-order chi connectivity index (χ0) is 12.4. The molecule has 1 aliphatic rings. The van der Waals surface area contributed by atoms with E-state index in [4.69, 9.17) is 4.74 Å². The van der Waals surface area contributed by atoms with Crippen LogP contribution in [0.3, 0.4) is 0 Å². The van der Waals surface area contributed by atoms with Crippen LogP contribution in [-0.4, -0.2) is 38.3 Å². The molecule has 1 saturated heterocycles. The molecule has 1 N–H and O–H groups in total. The number of piperazine rings is 1. The maximum absolute atomic E-state index is 5.19. The number of hydrogen-bond donors (Lipinski definition) is 1. The summed E-state index contributed by atoms with van der Waals surface area (Å²) in [6.07, 6.45) is 1.77. The third kappa shape index (κ3) is 2.11. The van der Waals surface area contributed by atoms with Gasteiger partial charge in [-0.05, 0) is 18.2 Å². The minimum atomic E-state index is 0.803. The summed E-state index contributed by atoms with van der Waals surface area (Å²) in [6.45, 7) is 4.21. The first-order valence-corrected chi connectivity index (χ1v) is 6.26. The molecule has 0 atom stereocenters. The Morgan fingerprint density at radius 3 is 2.83 bits per heavy atom. The fourth-order valence-corrected chi connectivity index (χ4v) is 2.32. The molecule has 2 aromatic rings. The summed E-state index contributed by atoms with van der Waals surface area (Å²) in [5.74, 6) is 0.803. The van der Waals surface area contributed by atoms with E-state index in [1.807, 2.05) is 6.07 Å². The molecule has 1 aromatic heterocycles. The summed E-state index contributed by atoms with van der Waals surface area (Å²) in [5, 5.41) is 4.48. The van der Waals surface area contributed by atoms with Gasteiger partial charge in [0.25, 0.3) is 0 Å². The van der Waals surface area contributed by atoms with Crippen molar-refractivity contribution in [2.75, 3.05) is 38.2 Å². The molecule has 2 heterocycles. The molecule has 0 amide bonds. The fraction of sp³-hybridized carbons (Fsp3) is 0.357. The molecule has 1 aromatic carbocycles. The molecule has 0 unspecified atom stereocenters. The number of fused-ring (bicyclic) bond motifs is 1. The number of nitrogens with one attached hydrogen (secondary N) is 1. The number of ether oxygens (including phenoxy) is 1. The zero-order valence-electron chi connectivity index (χ0n) is 10.5. The fourth-order valence-electron chi connectivity index (χ4n) is 2.32. The second-order valence-corrected chi connectivity index (χ2v) is 4.49. The van der Waals surface area contributed by atoms with Crippen LogP contribution in [0.4, 0.5) is 5.69 Å². The van der Waals surface area contributed by atoms with Gasteiger partial charge in [0.05, 0.1) is 18.8 Å². The predicted octanol–water partition coefficient (Wildman–Crippen LogP) is 1.65. The summed E-state index contributed by atoms with van der Waals surface area (Å²) in [6, 6.07) is 8.45. The normalized spacial score (nSPS) is 15.9. The van der Waals surface area contributed by atoms with Crippen LogP contribution in [0, 0.1) is 0 Å². The van der Waals surface area contributed by atoms with Gasteiger partial charge in [-0.25, -0.2) is 0 Å². The van der Waals surface area contributed by atoms with Gasteiger partial charge in [-0.3, -0.25) is 4.98 Å². The quantitative estimate of drug-likeness (QED) is 0.870. The first-order chi connectivity index (χ1) is 8.86. The third-order valence-electron chi connectivity index (χ3n) is 3.36. The number of methoxy groups -OCH3 is 1. The lowest BCUT2D eigenvalue weighted by Crippen LogP contribution is -2.43. The van der Waals surface area contributed by atoms with Gasteiger partial charge in [0.1, 0.15) is 5.75 Å². The van der Waals surface area contributed by atoms with Crippen LogP contribution >= 0.6 is 0 Å². The van der Waals surface area contributed by atoms with Gasteiger partial charge in [-0.2, -0.15) is 0 Å². The van der Waals surface area contributed by atoms with Crippen molar-refractivity contribution in [2.24, 2.45) is 0 Å². The van der Waals surface area contributed by atoms with Crippen molar-refractivity contribution in [2.45, 2.75) is 0 Å². The monoisotopic (exact) mass is 243 g/mol. The smallest absolute Gasteiger partial charge is 0.137 e. The van der Waals surface area contributed by atoms with Crippen molar-refractivity contribution in [3.05, 3.63) is 30.5 Å². The molecule has 0 radical (unpaired) electrons. The lowest BCUT2D eigenvalue weighted by molar-refractivity contribution is 0.414. The summed E-state index contributed by atoms with van der Waals surface area (Å²) in [5.41, 5.74) is 2.27. The van der Waals surface area contributed by atoms with Gasteiger partial charge >= 0.3 is 0 Å². The van der Waals surface area contributed by atoms with Crippen LogP contribution in [0.1, 0.15) is 0 Å². The second kappa shape index (κ2) is 4.82. The van der Waals surface area contributed by atoms with E-state index in [-0.39, 0.29) is 0 Å². The molecular formula is C14H17N3O. The Morgan fingerprint density at radius 2 is 2.06 bits per heavy atom. The molecule has 18 heavy (non-hydrogen) atoms. The maximum atomic E-state index is 5.19. The van der Waals surface area contributed by atoms with E-state index in [0.717, 1.165) is 42.8 Å². The minimum absolute atomic E-state index is 0.803. The summed E-state index contributed by atoms with van der Waals surface area (Å²) >= 11 is 0. The average molecular weight is 243 g/mol. The number of pyridine rings is 1. The Kier molecular flexibility index (Phi) is 3.02. The molecule has 4 nitrogen and oxygen atoms in total. The highest BCUT2D eigenvalue weighted by molar-refractivity contribution is 5.83. The van der Waals surface area contributed by atoms with Gasteiger partial charge in [0, 0.05) is 37.3 Å². The third-order valence-corrected chi connectivity index (χ3v) is 3.36. The van der Waals surface area contributed by atoms with Crippen molar-refractivity contribution >= 4 is 16.6 Å². The van der Waals surface area contributed by atoms with E-state index in [0.29, 0.717) is 0 Å². The van der Waals surface area contributed by atoms with Crippen LogP contribution < -0.4 is 15.0 Å². The number of anilines is 1. The molecule has 3 rings (SSSR count). The lowest BCUT2D eigenvalue weighted by Gasteiger charge is -2.29. The Labute approximate surface area is 107 Å². The topological polar surface area (TPSA) is 37.4 Å². The average Bonchev–Trinajstić information content (AvgIpc) is 2.47. The maximum Gasteiger partial charge on any atom is 0.137 e. The highest BCUT2D eigenvalue weighted by Crippen LogP contribution is 2.23.